The highest BCUT2D eigenvalue weighted by Gasteiger charge is 2.20. The van der Waals surface area contributed by atoms with E-state index in [4.69, 9.17) is 0 Å². The van der Waals surface area contributed by atoms with Crippen molar-refractivity contribution >= 4 is 0 Å². The van der Waals surface area contributed by atoms with Gasteiger partial charge in [-0.3, -0.25) is 4.68 Å². The molecular formula is C17H24FN3. The molecule has 2 aromatic rings. The van der Waals surface area contributed by atoms with Crippen molar-refractivity contribution in [3.05, 3.63) is 53.1 Å². The molecule has 1 atom stereocenters. The van der Waals surface area contributed by atoms with Gasteiger partial charge in [-0.05, 0) is 38.4 Å². The van der Waals surface area contributed by atoms with Crippen LogP contribution >= 0.6 is 0 Å². The van der Waals surface area contributed by atoms with Gasteiger partial charge in [0.05, 0.1) is 11.7 Å². The maximum Gasteiger partial charge on any atom is 0.128 e. The minimum absolute atomic E-state index is 0.154. The molecule has 0 aliphatic heterocycles. The Morgan fingerprint density at radius 3 is 2.76 bits per heavy atom. The molecule has 0 saturated heterocycles. The van der Waals surface area contributed by atoms with E-state index in [1.165, 1.54) is 0 Å². The Labute approximate surface area is 126 Å². The lowest BCUT2D eigenvalue weighted by atomic mass is 10.0. The zero-order valence-corrected chi connectivity index (χ0v) is 13.1. The molecular weight excluding hydrogens is 265 g/mol. The Balaban J connectivity index is 2.42. The third-order valence-electron chi connectivity index (χ3n) is 3.54. The number of hydrogen-bond donors (Lipinski definition) is 1. The molecule has 114 valence electrons. The van der Waals surface area contributed by atoms with Gasteiger partial charge in [0.15, 0.2) is 0 Å². The van der Waals surface area contributed by atoms with Gasteiger partial charge in [-0.1, -0.05) is 31.5 Å². The minimum atomic E-state index is -0.168. The van der Waals surface area contributed by atoms with Crippen molar-refractivity contribution in [3.63, 3.8) is 0 Å². The van der Waals surface area contributed by atoms with E-state index in [0.717, 1.165) is 37.2 Å². The number of halogens is 1. The number of nitrogens with zero attached hydrogens (tertiary/aromatic N) is 2. The second-order valence-electron chi connectivity index (χ2n) is 5.39. The summed E-state index contributed by atoms with van der Waals surface area (Å²) >= 11 is 0. The Hall–Kier alpha value is -1.68. The summed E-state index contributed by atoms with van der Waals surface area (Å²) in [5.74, 6) is -0.168. The predicted molar refractivity (Wildman–Crippen MR) is 83.8 cm³/mol. The fourth-order valence-corrected chi connectivity index (χ4v) is 2.53. The first-order chi connectivity index (χ1) is 10.2. The van der Waals surface area contributed by atoms with Crippen LogP contribution in [0.25, 0.3) is 0 Å². The lowest BCUT2D eigenvalue weighted by molar-refractivity contribution is 0.493. The van der Waals surface area contributed by atoms with Gasteiger partial charge >= 0.3 is 0 Å². The van der Waals surface area contributed by atoms with Crippen molar-refractivity contribution in [3.8, 4) is 0 Å². The molecule has 4 heteroatoms. The maximum atomic E-state index is 14.3. The molecule has 2 rings (SSSR count). The summed E-state index contributed by atoms with van der Waals surface area (Å²) in [6.45, 7) is 7.91. The average Bonchev–Trinajstić information content (AvgIpc) is 2.92. The van der Waals surface area contributed by atoms with E-state index >= 15 is 0 Å². The Morgan fingerprint density at radius 2 is 2.05 bits per heavy atom. The third-order valence-corrected chi connectivity index (χ3v) is 3.54. The zero-order valence-electron chi connectivity index (χ0n) is 13.1. The second-order valence-corrected chi connectivity index (χ2v) is 5.39. The Morgan fingerprint density at radius 1 is 1.24 bits per heavy atom. The molecule has 0 fully saturated rings. The Kier molecular flexibility index (Phi) is 5.51. The molecule has 1 N–H and O–H groups in total. The van der Waals surface area contributed by atoms with Crippen molar-refractivity contribution in [2.45, 2.75) is 46.2 Å². The highest BCUT2D eigenvalue weighted by molar-refractivity contribution is 5.32. The zero-order chi connectivity index (χ0) is 15.2. The molecule has 0 radical (unpaired) electrons. The normalized spacial score (nSPS) is 12.6. The molecule has 0 spiro atoms. The van der Waals surface area contributed by atoms with E-state index in [0.29, 0.717) is 5.56 Å². The summed E-state index contributed by atoms with van der Waals surface area (Å²) < 4.78 is 16.3. The van der Waals surface area contributed by atoms with Crippen molar-refractivity contribution < 1.29 is 4.39 Å². The van der Waals surface area contributed by atoms with Crippen LogP contribution in [0.4, 0.5) is 4.39 Å². The van der Waals surface area contributed by atoms with Gasteiger partial charge in [0.25, 0.3) is 0 Å². The van der Waals surface area contributed by atoms with Gasteiger partial charge in [0, 0.05) is 18.3 Å². The van der Waals surface area contributed by atoms with Crippen LogP contribution < -0.4 is 5.32 Å². The van der Waals surface area contributed by atoms with Crippen LogP contribution in [0.5, 0.6) is 0 Å². The van der Waals surface area contributed by atoms with Crippen molar-refractivity contribution in [2.24, 2.45) is 0 Å². The quantitative estimate of drug-likeness (QED) is 0.839. The van der Waals surface area contributed by atoms with Crippen molar-refractivity contribution in [1.29, 1.82) is 0 Å². The molecule has 0 saturated carbocycles. The number of aromatic nitrogens is 2. The van der Waals surface area contributed by atoms with Crippen LogP contribution in [0.2, 0.25) is 0 Å². The molecule has 3 nitrogen and oxygen atoms in total. The van der Waals surface area contributed by atoms with Crippen molar-refractivity contribution in [1.82, 2.24) is 15.1 Å². The van der Waals surface area contributed by atoms with Crippen LogP contribution in [0.3, 0.4) is 0 Å². The van der Waals surface area contributed by atoms with Gasteiger partial charge in [-0.15, -0.1) is 0 Å². The number of rotatable bonds is 7. The molecule has 0 aliphatic carbocycles. The topological polar surface area (TPSA) is 29.9 Å². The fourth-order valence-electron chi connectivity index (χ4n) is 2.53. The van der Waals surface area contributed by atoms with Gasteiger partial charge in [-0.25, -0.2) is 4.39 Å². The lowest BCUT2D eigenvalue weighted by Gasteiger charge is -2.21. The smallest absolute Gasteiger partial charge is 0.128 e. The van der Waals surface area contributed by atoms with Gasteiger partial charge < -0.3 is 5.32 Å². The predicted octanol–water partition coefficient (Wildman–Crippen LogP) is 3.83. The van der Waals surface area contributed by atoms with E-state index in [1.807, 2.05) is 23.7 Å². The lowest BCUT2D eigenvalue weighted by Crippen LogP contribution is -2.27. The van der Waals surface area contributed by atoms with E-state index in [9.17, 15) is 4.39 Å². The van der Waals surface area contributed by atoms with Crippen LogP contribution in [0, 0.1) is 12.7 Å². The van der Waals surface area contributed by atoms with E-state index in [-0.39, 0.29) is 11.9 Å². The Bertz CT molecular complexity index is 577. The highest BCUT2D eigenvalue weighted by Crippen LogP contribution is 2.25. The molecule has 0 aliphatic rings. The highest BCUT2D eigenvalue weighted by atomic mass is 19.1. The number of benzene rings is 1. The minimum Gasteiger partial charge on any atom is -0.305 e. The molecule has 1 heterocycles. The summed E-state index contributed by atoms with van der Waals surface area (Å²) in [7, 11) is 0. The molecule has 1 aromatic carbocycles. The summed E-state index contributed by atoms with van der Waals surface area (Å²) in [6, 6.07) is 7.10. The number of nitrogens with one attached hydrogen (secondary N) is 1. The number of aryl methyl sites for hydroxylation is 2. The summed E-state index contributed by atoms with van der Waals surface area (Å²) in [5.41, 5.74) is 2.78. The number of hydrogen-bond acceptors (Lipinski definition) is 2. The largest absolute Gasteiger partial charge is 0.305 e. The average molecular weight is 289 g/mol. The third kappa shape index (κ3) is 3.70. The van der Waals surface area contributed by atoms with E-state index in [2.05, 4.69) is 24.3 Å². The molecule has 21 heavy (non-hydrogen) atoms. The molecule has 0 amide bonds. The standard InChI is InChI=1S/C17H24FN3/c1-4-9-19-17(14-12-13(3)6-7-15(14)18)16-8-10-20-21(16)11-5-2/h6-8,10,12,17,19H,4-5,9,11H2,1-3H3. The van der Waals surface area contributed by atoms with Gasteiger partial charge in [0.2, 0.25) is 0 Å². The van der Waals surface area contributed by atoms with Crippen LogP contribution in [-0.4, -0.2) is 16.3 Å². The fraction of sp³-hybridized carbons (Fsp3) is 0.471. The molecule has 1 unspecified atom stereocenters. The molecule has 0 bridgehead atoms. The van der Waals surface area contributed by atoms with Crippen LogP contribution in [0.1, 0.15) is 49.6 Å². The summed E-state index contributed by atoms with van der Waals surface area (Å²) in [5, 5.41) is 7.82. The SMILES string of the molecule is CCCNC(c1cc(C)ccc1F)c1ccnn1CCC. The van der Waals surface area contributed by atoms with Gasteiger partial charge in [-0.2, -0.15) is 5.10 Å². The maximum absolute atomic E-state index is 14.3. The monoisotopic (exact) mass is 289 g/mol. The summed E-state index contributed by atoms with van der Waals surface area (Å²) in [4.78, 5) is 0. The first-order valence-corrected chi connectivity index (χ1v) is 7.68. The second kappa shape index (κ2) is 7.36. The van der Waals surface area contributed by atoms with E-state index in [1.54, 1.807) is 18.3 Å². The van der Waals surface area contributed by atoms with Crippen LogP contribution in [-0.2, 0) is 6.54 Å². The van der Waals surface area contributed by atoms with Gasteiger partial charge in [0.1, 0.15) is 5.82 Å². The first-order valence-electron chi connectivity index (χ1n) is 7.68. The molecule has 1 aromatic heterocycles. The van der Waals surface area contributed by atoms with Crippen molar-refractivity contribution in [2.75, 3.05) is 6.54 Å². The van der Waals surface area contributed by atoms with E-state index < -0.39 is 0 Å². The summed E-state index contributed by atoms with van der Waals surface area (Å²) in [6.07, 6.45) is 3.80. The first kappa shape index (κ1) is 15.7. The van der Waals surface area contributed by atoms with Crippen LogP contribution in [0.15, 0.2) is 30.5 Å².